The Morgan fingerprint density at radius 3 is 2.16 bits per heavy atom. The van der Waals surface area contributed by atoms with Gasteiger partial charge < -0.3 is 27.2 Å². The molecular weight excluding hydrogens is 624 g/mol. The summed E-state index contributed by atoms with van der Waals surface area (Å²) in [5.41, 5.74) is 11.5. The number of halogens is 1. The predicted octanol–water partition coefficient (Wildman–Crippen LogP) is 0.701. The Bertz CT molecular complexity index is 1390. The number of carboxylic acid groups (broad SMARTS) is 1. The van der Waals surface area contributed by atoms with E-state index in [0.717, 1.165) is 17.9 Å². The fourth-order valence-electron chi connectivity index (χ4n) is 3.71. The Morgan fingerprint density at radius 1 is 1.05 bits per heavy atom. The number of guanidine groups is 1. The van der Waals surface area contributed by atoms with E-state index in [1.165, 1.54) is 12.1 Å². The van der Waals surface area contributed by atoms with E-state index >= 15 is 0 Å². The largest absolute Gasteiger partial charge is 0.481 e. The van der Waals surface area contributed by atoms with Crippen LogP contribution in [0.25, 0.3) is 0 Å². The molecule has 0 heterocycles. The molecule has 1 aromatic carbocycles. The Hall–Kier alpha value is -3.21. The van der Waals surface area contributed by atoms with E-state index < -0.39 is 72.5 Å². The van der Waals surface area contributed by atoms with Crippen molar-refractivity contribution in [2.24, 2.45) is 22.4 Å². The summed E-state index contributed by atoms with van der Waals surface area (Å²) < 4.78 is 51.7. The van der Waals surface area contributed by atoms with Crippen molar-refractivity contribution in [3.63, 3.8) is 0 Å². The van der Waals surface area contributed by atoms with Gasteiger partial charge in [-0.3, -0.25) is 19.4 Å². The zero-order chi connectivity index (χ0) is 33.0. The van der Waals surface area contributed by atoms with Crippen molar-refractivity contribution >= 4 is 55.2 Å². The number of nitrogens with two attached hydrogens (primary N) is 2. The number of carbonyl (C=O) groups excluding carboxylic acids is 2. The minimum Gasteiger partial charge on any atom is -0.481 e. The lowest BCUT2D eigenvalue weighted by atomic mass is 9.97. The smallest absolute Gasteiger partial charge is 0.303 e. The maximum Gasteiger partial charge on any atom is 0.303 e. The third-order valence-electron chi connectivity index (χ3n) is 6.37. The lowest BCUT2D eigenvalue weighted by Gasteiger charge is -2.28. The summed E-state index contributed by atoms with van der Waals surface area (Å²) in [6.07, 6.45) is 1.91. The molecule has 1 aromatic rings. The number of sulfone groups is 1. The maximum absolute atomic E-state index is 13.5. The molecule has 8 N–H and O–H groups in total. The number of nitrogens with one attached hydrogen (secondary N) is 3. The fourth-order valence-corrected chi connectivity index (χ4v) is 5.50. The number of aliphatic carboxylic acids is 1. The normalized spacial score (nSPS) is 15.0. The van der Waals surface area contributed by atoms with Crippen LogP contribution >= 0.6 is 11.6 Å². The molecule has 0 fully saturated rings. The van der Waals surface area contributed by atoms with Crippen molar-refractivity contribution in [1.82, 2.24) is 15.4 Å². The molecule has 43 heavy (non-hydrogen) atoms. The molecule has 0 aliphatic carbocycles. The van der Waals surface area contributed by atoms with Gasteiger partial charge in [-0.15, -0.1) is 0 Å². The number of aryl methyl sites for hydroxylation is 1. The number of nitrogens with zero attached hydrogens (tertiary/aromatic N) is 1. The molecule has 14 nitrogen and oxygen atoms in total. The third kappa shape index (κ3) is 13.8. The third-order valence-corrected chi connectivity index (χ3v) is 9.67. The minimum absolute atomic E-state index is 0.0174. The van der Waals surface area contributed by atoms with Crippen LogP contribution in [-0.2, 0) is 34.2 Å². The molecule has 0 aliphatic rings. The summed E-state index contributed by atoms with van der Waals surface area (Å²) in [6.45, 7) is 5.36. The first-order valence-electron chi connectivity index (χ1n) is 13.4. The zero-order valence-corrected chi connectivity index (χ0v) is 26.9. The second kappa shape index (κ2) is 17.2. The monoisotopic (exact) mass is 664 g/mol. The SMILES string of the molecule is CCC(C)[C@H](NC(=O)[C@H](CCCN=C(N)N)NS(=O)(=O)c1ccc(C)cc1)C(=O)N[C@H](/C=C(\Cl)S(C)(=O)=O)CCC(=O)O. The molecule has 0 saturated carbocycles. The summed E-state index contributed by atoms with van der Waals surface area (Å²) in [4.78, 5) is 41.8. The quantitative estimate of drug-likeness (QED) is 0.0729. The van der Waals surface area contributed by atoms with Gasteiger partial charge in [0, 0.05) is 19.2 Å². The average molecular weight is 665 g/mol. The summed E-state index contributed by atoms with van der Waals surface area (Å²) >= 11 is 5.86. The van der Waals surface area contributed by atoms with Crippen molar-refractivity contribution < 1.29 is 36.3 Å². The highest BCUT2D eigenvalue weighted by Gasteiger charge is 2.32. The first-order valence-corrected chi connectivity index (χ1v) is 17.2. The maximum atomic E-state index is 13.5. The molecule has 0 bridgehead atoms. The first kappa shape index (κ1) is 37.8. The number of rotatable bonds is 18. The van der Waals surface area contributed by atoms with Gasteiger partial charge in [0.2, 0.25) is 21.8 Å². The lowest BCUT2D eigenvalue weighted by Crippen LogP contribution is -2.56. The number of hydrogen-bond acceptors (Lipinski definition) is 8. The molecule has 0 spiro atoms. The van der Waals surface area contributed by atoms with Gasteiger partial charge in [-0.25, -0.2) is 16.8 Å². The molecule has 1 unspecified atom stereocenters. The summed E-state index contributed by atoms with van der Waals surface area (Å²) in [5.74, 6) is -3.36. The molecule has 2 amide bonds. The summed E-state index contributed by atoms with van der Waals surface area (Å²) in [5, 5.41) is 14.2. The molecule has 0 aliphatic heterocycles. The van der Waals surface area contributed by atoms with Crippen LogP contribution in [-0.4, -0.2) is 76.6 Å². The number of aliphatic imine (C=N–C) groups is 1. The Morgan fingerprint density at radius 2 is 1.65 bits per heavy atom. The van der Waals surface area contributed by atoms with Gasteiger partial charge in [0.25, 0.3) is 0 Å². The molecule has 4 atom stereocenters. The zero-order valence-electron chi connectivity index (χ0n) is 24.5. The van der Waals surface area contributed by atoms with Gasteiger partial charge in [-0.05, 0) is 50.3 Å². The van der Waals surface area contributed by atoms with Gasteiger partial charge in [-0.1, -0.05) is 49.6 Å². The minimum atomic E-state index is -4.15. The molecular formula is C26H41ClN6O8S2. The van der Waals surface area contributed by atoms with Crippen LogP contribution in [0.4, 0.5) is 0 Å². The molecule has 1 rings (SSSR count). The number of sulfonamides is 1. The van der Waals surface area contributed by atoms with Crippen LogP contribution in [0.3, 0.4) is 0 Å². The van der Waals surface area contributed by atoms with E-state index in [4.69, 9.17) is 28.2 Å². The van der Waals surface area contributed by atoms with Gasteiger partial charge in [0.05, 0.1) is 10.9 Å². The molecule has 0 radical (unpaired) electrons. The van der Waals surface area contributed by atoms with Crippen LogP contribution in [0.1, 0.15) is 51.5 Å². The number of carboxylic acids is 1. The van der Waals surface area contributed by atoms with Crippen molar-refractivity contribution in [3.8, 4) is 0 Å². The lowest BCUT2D eigenvalue weighted by molar-refractivity contribution is -0.137. The fraction of sp³-hybridized carbons (Fsp3) is 0.538. The number of amides is 2. The van der Waals surface area contributed by atoms with Gasteiger partial charge in [-0.2, -0.15) is 4.72 Å². The highest BCUT2D eigenvalue weighted by molar-refractivity contribution is 7.96. The van der Waals surface area contributed by atoms with E-state index in [1.54, 1.807) is 32.9 Å². The van der Waals surface area contributed by atoms with E-state index in [9.17, 15) is 31.2 Å². The van der Waals surface area contributed by atoms with Crippen LogP contribution in [0, 0.1) is 12.8 Å². The highest BCUT2D eigenvalue weighted by atomic mass is 35.5. The van der Waals surface area contributed by atoms with Crippen LogP contribution in [0.15, 0.2) is 44.6 Å². The number of hydrogen-bond donors (Lipinski definition) is 6. The van der Waals surface area contributed by atoms with E-state index in [1.807, 2.05) is 0 Å². The second-order valence-electron chi connectivity index (χ2n) is 10.1. The van der Waals surface area contributed by atoms with E-state index in [2.05, 4.69) is 20.3 Å². The van der Waals surface area contributed by atoms with Crippen molar-refractivity contribution in [1.29, 1.82) is 0 Å². The van der Waals surface area contributed by atoms with Crippen molar-refractivity contribution in [3.05, 3.63) is 40.3 Å². The average Bonchev–Trinajstić information content (AvgIpc) is 2.90. The molecule has 0 aromatic heterocycles. The Labute approximate surface area is 257 Å². The van der Waals surface area contributed by atoms with Crippen LogP contribution in [0.5, 0.6) is 0 Å². The van der Waals surface area contributed by atoms with Gasteiger partial charge in [0.15, 0.2) is 15.8 Å². The second-order valence-corrected chi connectivity index (χ2v) is 14.4. The standard InChI is InChI=1S/C26H41ClN6O8S2/c1-5-17(3)23(25(37)31-18(10-13-22(34)35)15-21(27)42(4,38)39)32-24(36)20(7-6-14-30-26(28)29)33-43(40,41)19-11-8-16(2)9-12-19/h8-9,11-12,15,17-18,20,23,33H,5-7,10,13-14H2,1-4H3,(H,31,37)(H,32,36)(H,34,35)(H4,28,29,30)/b21-15+/t17?,18-,20-,23-/m0/s1. The number of benzene rings is 1. The molecule has 242 valence electrons. The summed E-state index contributed by atoms with van der Waals surface area (Å²) in [7, 11) is -7.99. The molecule has 0 saturated heterocycles. The van der Waals surface area contributed by atoms with Crippen LogP contribution < -0.4 is 26.8 Å². The molecule has 17 heteroatoms. The van der Waals surface area contributed by atoms with Gasteiger partial charge >= 0.3 is 5.97 Å². The van der Waals surface area contributed by atoms with Gasteiger partial charge in [0.1, 0.15) is 16.4 Å². The Kier molecular flexibility index (Phi) is 15.1. The van der Waals surface area contributed by atoms with E-state index in [0.29, 0.717) is 6.42 Å². The van der Waals surface area contributed by atoms with Crippen molar-refractivity contribution in [2.45, 2.75) is 75.9 Å². The van der Waals surface area contributed by atoms with E-state index in [-0.39, 0.29) is 36.7 Å². The topological polar surface area (TPSA) is 240 Å². The summed E-state index contributed by atoms with van der Waals surface area (Å²) in [6, 6.07) is 2.40. The van der Waals surface area contributed by atoms with Crippen LogP contribution in [0.2, 0.25) is 0 Å². The Balaban J connectivity index is 3.31. The number of carbonyl (C=O) groups is 3. The van der Waals surface area contributed by atoms with Crippen molar-refractivity contribution in [2.75, 3.05) is 12.8 Å². The predicted molar refractivity (Wildman–Crippen MR) is 164 cm³/mol. The first-order chi connectivity index (χ1) is 19.9. The highest BCUT2D eigenvalue weighted by Crippen LogP contribution is 2.16.